The average molecular weight is 622 g/mol. The molecule has 3 aromatic carbocycles. The first-order valence-corrected chi connectivity index (χ1v) is 14.2. The second-order valence-electron chi connectivity index (χ2n) is 9.40. The Hall–Kier alpha value is -4.36. The molecular formula is C28H17ClF5N3O4S. The molecule has 1 aliphatic rings. The molecule has 0 radical (unpaired) electrons. The first kappa shape index (κ1) is 29.1. The molecule has 0 saturated heterocycles. The van der Waals surface area contributed by atoms with Gasteiger partial charge < -0.3 is 10.6 Å². The second kappa shape index (κ2) is 10.5. The Bertz CT molecular complexity index is 1880. The lowest BCUT2D eigenvalue weighted by molar-refractivity contribution is -0.137. The minimum Gasteiger partial charge on any atom is -0.341 e. The number of benzene rings is 3. The Kier molecular flexibility index (Phi) is 7.27. The number of hydrogen-bond donors (Lipinski definition) is 2. The van der Waals surface area contributed by atoms with Gasteiger partial charge in [0.15, 0.2) is 14.9 Å². The number of amides is 2. The molecule has 42 heavy (non-hydrogen) atoms. The van der Waals surface area contributed by atoms with E-state index in [2.05, 4.69) is 15.6 Å². The summed E-state index contributed by atoms with van der Waals surface area (Å²) in [7, 11) is -3.62. The summed E-state index contributed by atoms with van der Waals surface area (Å²) < 4.78 is 91.7. The van der Waals surface area contributed by atoms with Gasteiger partial charge in [-0.3, -0.25) is 9.59 Å². The van der Waals surface area contributed by atoms with Crippen molar-refractivity contribution in [3.63, 3.8) is 0 Å². The van der Waals surface area contributed by atoms with E-state index in [0.29, 0.717) is 17.7 Å². The van der Waals surface area contributed by atoms with E-state index in [-0.39, 0.29) is 44.1 Å². The first-order valence-electron chi connectivity index (χ1n) is 11.9. The van der Waals surface area contributed by atoms with E-state index in [1.54, 1.807) is 0 Å². The third-order valence-corrected chi connectivity index (χ3v) is 7.79. The van der Waals surface area contributed by atoms with Crippen molar-refractivity contribution >= 4 is 38.9 Å². The van der Waals surface area contributed by atoms with E-state index in [1.807, 2.05) is 0 Å². The molecule has 0 spiro atoms. The monoisotopic (exact) mass is 621 g/mol. The van der Waals surface area contributed by atoms with Gasteiger partial charge in [0.25, 0.3) is 11.8 Å². The number of halogens is 6. The highest BCUT2D eigenvalue weighted by molar-refractivity contribution is 7.90. The number of sulfone groups is 1. The summed E-state index contributed by atoms with van der Waals surface area (Å²) in [5.74, 6) is -3.74. The number of nitrogens with zero attached hydrogens (tertiary/aromatic N) is 1. The van der Waals surface area contributed by atoms with Crippen LogP contribution in [0.5, 0.6) is 0 Å². The summed E-state index contributed by atoms with van der Waals surface area (Å²) in [6.45, 7) is 0. The van der Waals surface area contributed by atoms with E-state index in [0.717, 1.165) is 18.4 Å². The molecule has 0 fully saturated rings. The smallest absolute Gasteiger partial charge is 0.341 e. The van der Waals surface area contributed by atoms with E-state index < -0.39 is 56.6 Å². The van der Waals surface area contributed by atoms with Crippen LogP contribution in [-0.4, -0.2) is 31.5 Å². The van der Waals surface area contributed by atoms with Crippen LogP contribution in [0.2, 0.25) is 5.02 Å². The molecule has 4 aromatic rings. The van der Waals surface area contributed by atoms with Crippen molar-refractivity contribution < 1.29 is 40.0 Å². The zero-order valence-electron chi connectivity index (χ0n) is 21.2. The summed E-state index contributed by atoms with van der Waals surface area (Å²) in [6, 6.07) is 9.15. The normalized spacial score (nSPS) is 14.8. The summed E-state index contributed by atoms with van der Waals surface area (Å²) in [4.78, 5) is 30.2. The SMILES string of the molecule is CS(=O)(=O)c1ccc(-c2cc(NC(=O)c3cc(F)cc(C(F)(F)F)c3)c3c(c2)C(=O)NC3c2cc(F)ccc2Cl)cn1. The van der Waals surface area contributed by atoms with E-state index >= 15 is 0 Å². The van der Waals surface area contributed by atoms with Crippen molar-refractivity contribution in [3.05, 3.63) is 111 Å². The van der Waals surface area contributed by atoms with Crippen LogP contribution in [0.3, 0.4) is 0 Å². The van der Waals surface area contributed by atoms with Gasteiger partial charge >= 0.3 is 6.18 Å². The Morgan fingerprint density at radius 2 is 1.71 bits per heavy atom. The zero-order chi connectivity index (χ0) is 30.6. The van der Waals surface area contributed by atoms with Crippen LogP contribution in [0, 0.1) is 11.6 Å². The molecule has 0 aliphatic carbocycles. The average Bonchev–Trinajstić information content (AvgIpc) is 3.25. The van der Waals surface area contributed by atoms with Gasteiger partial charge in [-0.1, -0.05) is 11.6 Å². The largest absolute Gasteiger partial charge is 0.416 e. The molecule has 1 unspecified atom stereocenters. The maximum absolute atomic E-state index is 14.2. The van der Waals surface area contributed by atoms with Crippen molar-refractivity contribution in [2.45, 2.75) is 17.2 Å². The van der Waals surface area contributed by atoms with Crippen LogP contribution < -0.4 is 10.6 Å². The molecule has 2 N–H and O–H groups in total. The van der Waals surface area contributed by atoms with Gasteiger partial charge in [-0.05, 0) is 66.2 Å². The first-order chi connectivity index (χ1) is 19.6. The number of hydrogen-bond acceptors (Lipinski definition) is 5. The van der Waals surface area contributed by atoms with Crippen molar-refractivity contribution in [1.82, 2.24) is 10.3 Å². The number of nitrogens with one attached hydrogen (secondary N) is 2. The Morgan fingerprint density at radius 1 is 0.976 bits per heavy atom. The number of alkyl halides is 3. The van der Waals surface area contributed by atoms with Crippen LogP contribution in [0.4, 0.5) is 27.6 Å². The quantitative estimate of drug-likeness (QED) is 0.259. The van der Waals surface area contributed by atoms with Crippen LogP contribution in [0.25, 0.3) is 11.1 Å². The second-order valence-corrected chi connectivity index (χ2v) is 11.8. The van der Waals surface area contributed by atoms with Crippen LogP contribution in [0.15, 0.2) is 71.9 Å². The predicted molar refractivity (Wildman–Crippen MR) is 143 cm³/mol. The lowest BCUT2D eigenvalue weighted by Crippen LogP contribution is -2.21. The number of pyridine rings is 1. The molecule has 5 rings (SSSR count). The standard InChI is InChI=1S/C28H17ClF5N3O4S/c1-42(40,41)23-5-2-13(12-35-23)14-8-20-24(25(37-27(20)39)19-11-17(30)3-4-21(19)29)22(9-14)36-26(38)15-6-16(28(32,33)34)10-18(31)7-15/h2-12,25H,1H3,(H,36,38)(H,37,39). The zero-order valence-corrected chi connectivity index (χ0v) is 22.8. The van der Waals surface area contributed by atoms with Crippen molar-refractivity contribution in [2.24, 2.45) is 0 Å². The molecular weight excluding hydrogens is 605 g/mol. The summed E-state index contributed by atoms with van der Waals surface area (Å²) in [6.07, 6.45) is -2.74. The van der Waals surface area contributed by atoms with Gasteiger partial charge in [-0.25, -0.2) is 22.2 Å². The molecule has 7 nitrogen and oxygen atoms in total. The third kappa shape index (κ3) is 5.70. The van der Waals surface area contributed by atoms with E-state index in [4.69, 9.17) is 11.6 Å². The minimum atomic E-state index is -4.93. The van der Waals surface area contributed by atoms with Crippen LogP contribution in [0.1, 0.15) is 43.4 Å². The lowest BCUT2D eigenvalue weighted by atomic mass is 9.93. The van der Waals surface area contributed by atoms with Gasteiger partial charge in [-0.2, -0.15) is 13.2 Å². The van der Waals surface area contributed by atoms with Crippen LogP contribution >= 0.6 is 11.6 Å². The minimum absolute atomic E-state index is 0.00976. The summed E-state index contributed by atoms with van der Waals surface area (Å²) in [5.41, 5.74) is -1.26. The van der Waals surface area contributed by atoms with Gasteiger partial charge in [-0.15, -0.1) is 0 Å². The third-order valence-electron chi connectivity index (χ3n) is 6.44. The van der Waals surface area contributed by atoms with Gasteiger partial charge in [0.05, 0.1) is 11.6 Å². The summed E-state index contributed by atoms with van der Waals surface area (Å²) >= 11 is 6.29. The van der Waals surface area contributed by atoms with Gasteiger partial charge in [0.2, 0.25) is 0 Å². The number of fused-ring (bicyclic) bond motifs is 1. The molecule has 1 aliphatic heterocycles. The molecule has 0 saturated carbocycles. The number of aromatic nitrogens is 1. The number of anilines is 1. The van der Waals surface area contributed by atoms with Crippen LogP contribution in [-0.2, 0) is 16.0 Å². The number of rotatable bonds is 5. The maximum Gasteiger partial charge on any atom is 0.416 e. The highest BCUT2D eigenvalue weighted by Gasteiger charge is 2.36. The molecule has 14 heteroatoms. The molecule has 1 atom stereocenters. The highest BCUT2D eigenvalue weighted by atomic mass is 35.5. The molecule has 216 valence electrons. The van der Waals surface area contributed by atoms with Crippen molar-refractivity contribution in [2.75, 3.05) is 11.6 Å². The van der Waals surface area contributed by atoms with E-state index in [1.165, 1.54) is 36.5 Å². The van der Waals surface area contributed by atoms with E-state index in [9.17, 15) is 40.0 Å². The fraction of sp³-hybridized carbons (Fsp3) is 0.107. The fourth-order valence-electron chi connectivity index (χ4n) is 4.52. The predicted octanol–water partition coefficient (Wildman–Crippen LogP) is 6.19. The Balaban J connectivity index is 1.66. The molecule has 1 aromatic heterocycles. The molecule has 2 amide bonds. The van der Waals surface area contributed by atoms with Gasteiger partial charge in [0, 0.05) is 51.0 Å². The highest BCUT2D eigenvalue weighted by Crippen LogP contribution is 2.42. The van der Waals surface area contributed by atoms with Crippen molar-refractivity contribution in [3.8, 4) is 11.1 Å². The topological polar surface area (TPSA) is 105 Å². The Morgan fingerprint density at radius 3 is 2.36 bits per heavy atom. The molecule has 2 heterocycles. The van der Waals surface area contributed by atoms with Crippen molar-refractivity contribution in [1.29, 1.82) is 0 Å². The lowest BCUT2D eigenvalue weighted by Gasteiger charge is -2.19. The number of carbonyl (C=O) groups excluding carboxylic acids is 2. The Labute approximate surface area is 240 Å². The number of carbonyl (C=O) groups is 2. The molecule has 0 bridgehead atoms. The maximum atomic E-state index is 14.2. The van der Waals surface area contributed by atoms with Gasteiger partial charge in [0.1, 0.15) is 11.6 Å². The fourth-order valence-corrected chi connectivity index (χ4v) is 5.31. The summed E-state index contributed by atoms with van der Waals surface area (Å²) in [5, 5.41) is 4.97.